The van der Waals surface area contributed by atoms with Crippen molar-refractivity contribution in [2.75, 3.05) is 0 Å². The average Bonchev–Trinajstić information content (AvgIpc) is 2.24. The van der Waals surface area contributed by atoms with E-state index in [-0.39, 0.29) is 0 Å². The van der Waals surface area contributed by atoms with Crippen molar-refractivity contribution in [2.24, 2.45) is 16.8 Å². The van der Waals surface area contributed by atoms with E-state index in [9.17, 15) is 0 Å². The van der Waals surface area contributed by atoms with E-state index in [4.69, 9.17) is 0 Å². The summed E-state index contributed by atoms with van der Waals surface area (Å²) in [5, 5.41) is 0. The molecule has 86 valence electrons. The molecule has 1 nitrogen and oxygen atoms in total. The summed E-state index contributed by atoms with van der Waals surface area (Å²) in [6, 6.07) is 0. The fraction of sp³-hybridized carbons (Fsp3) is 0.643. The highest BCUT2D eigenvalue weighted by atomic mass is 14.7. The van der Waals surface area contributed by atoms with Crippen LogP contribution in [-0.2, 0) is 0 Å². The molecule has 0 rings (SSSR count). The molecule has 0 radical (unpaired) electrons. The Labute approximate surface area is 95.0 Å². The van der Waals surface area contributed by atoms with Crippen LogP contribution in [0.5, 0.6) is 0 Å². The van der Waals surface area contributed by atoms with Gasteiger partial charge in [0, 0.05) is 6.21 Å². The number of rotatable bonds is 6. The van der Waals surface area contributed by atoms with Gasteiger partial charge in [-0.15, -0.1) is 0 Å². The second-order valence-electron chi connectivity index (χ2n) is 4.26. The lowest BCUT2D eigenvalue weighted by Crippen LogP contribution is -2.04. The Balaban J connectivity index is 4.41. The number of hydrogen-bond acceptors (Lipinski definition) is 1. The van der Waals surface area contributed by atoms with E-state index in [2.05, 4.69) is 52.3 Å². The summed E-state index contributed by atoms with van der Waals surface area (Å²) in [4.78, 5) is 4.29. The van der Waals surface area contributed by atoms with Gasteiger partial charge in [0.05, 0.1) is 5.70 Å². The van der Waals surface area contributed by atoms with E-state index in [0.717, 1.165) is 18.0 Å². The third-order valence-electron chi connectivity index (χ3n) is 2.94. The zero-order chi connectivity index (χ0) is 11.8. The SMILES string of the molecule is C=C(N=CCC)C(C)=CC(C)C(C)CC. The van der Waals surface area contributed by atoms with Gasteiger partial charge in [-0.25, -0.2) is 0 Å². The highest BCUT2D eigenvalue weighted by Gasteiger charge is 2.07. The summed E-state index contributed by atoms with van der Waals surface area (Å²) in [7, 11) is 0. The average molecular weight is 207 g/mol. The topological polar surface area (TPSA) is 12.4 Å². The van der Waals surface area contributed by atoms with Crippen LogP contribution in [0.4, 0.5) is 0 Å². The molecule has 0 aromatic heterocycles. The van der Waals surface area contributed by atoms with Gasteiger partial charge in [0.25, 0.3) is 0 Å². The summed E-state index contributed by atoms with van der Waals surface area (Å²) < 4.78 is 0. The van der Waals surface area contributed by atoms with Gasteiger partial charge < -0.3 is 0 Å². The molecule has 0 spiro atoms. The van der Waals surface area contributed by atoms with Crippen LogP contribution in [0, 0.1) is 11.8 Å². The first-order chi connectivity index (χ1) is 7.02. The Hall–Kier alpha value is -0.850. The van der Waals surface area contributed by atoms with Gasteiger partial charge in [-0.3, -0.25) is 4.99 Å². The first kappa shape index (κ1) is 14.2. The highest BCUT2D eigenvalue weighted by Crippen LogP contribution is 2.20. The van der Waals surface area contributed by atoms with E-state index < -0.39 is 0 Å². The number of aliphatic imine (C=N–C) groups is 1. The Morgan fingerprint density at radius 2 is 1.93 bits per heavy atom. The molecular formula is C14H25N. The van der Waals surface area contributed by atoms with E-state index in [1.807, 2.05) is 6.21 Å². The molecule has 0 bridgehead atoms. The molecule has 0 saturated carbocycles. The first-order valence-electron chi connectivity index (χ1n) is 5.93. The molecular weight excluding hydrogens is 182 g/mol. The summed E-state index contributed by atoms with van der Waals surface area (Å²) in [6.45, 7) is 14.9. The molecule has 0 fully saturated rings. The molecule has 0 aliphatic carbocycles. The van der Waals surface area contributed by atoms with Gasteiger partial charge in [-0.05, 0) is 30.8 Å². The molecule has 0 aliphatic rings. The predicted octanol–water partition coefficient (Wildman–Crippen LogP) is 4.61. The molecule has 0 aromatic rings. The second kappa shape index (κ2) is 7.44. The largest absolute Gasteiger partial charge is 0.262 e. The molecule has 1 heteroatoms. The van der Waals surface area contributed by atoms with E-state index in [0.29, 0.717) is 5.92 Å². The minimum absolute atomic E-state index is 0.601. The number of allylic oxidation sites excluding steroid dienone is 2. The van der Waals surface area contributed by atoms with Crippen LogP contribution >= 0.6 is 0 Å². The maximum absolute atomic E-state index is 4.29. The fourth-order valence-corrected chi connectivity index (χ4v) is 1.33. The number of hydrogen-bond donors (Lipinski definition) is 0. The van der Waals surface area contributed by atoms with Crippen LogP contribution < -0.4 is 0 Å². The second-order valence-corrected chi connectivity index (χ2v) is 4.26. The Morgan fingerprint density at radius 1 is 1.33 bits per heavy atom. The van der Waals surface area contributed by atoms with Crippen molar-refractivity contribution in [3.8, 4) is 0 Å². The van der Waals surface area contributed by atoms with Crippen LogP contribution in [0.15, 0.2) is 28.9 Å². The fourth-order valence-electron chi connectivity index (χ4n) is 1.33. The van der Waals surface area contributed by atoms with Crippen LogP contribution in [0.2, 0.25) is 0 Å². The van der Waals surface area contributed by atoms with Crippen molar-refractivity contribution >= 4 is 6.21 Å². The lowest BCUT2D eigenvalue weighted by atomic mass is 9.91. The molecule has 0 saturated heterocycles. The maximum Gasteiger partial charge on any atom is 0.0580 e. The smallest absolute Gasteiger partial charge is 0.0580 e. The molecule has 0 amide bonds. The first-order valence-corrected chi connectivity index (χ1v) is 5.93. The third kappa shape index (κ3) is 5.56. The lowest BCUT2D eigenvalue weighted by Gasteiger charge is -2.15. The van der Waals surface area contributed by atoms with E-state index in [1.165, 1.54) is 12.0 Å². The molecule has 15 heavy (non-hydrogen) atoms. The Morgan fingerprint density at radius 3 is 2.40 bits per heavy atom. The zero-order valence-electron chi connectivity index (χ0n) is 10.9. The van der Waals surface area contributed by atoms with Crippen molar-refractivity contribution in [2.45, 2.75) is 47.5 Å². The van der Waals surface area contributed by atoms with Crippen molar-refractivity contribution < 1.29 is 0 Å². The van der Waals surface area contributed by atoms with Crippen LogP contribution in [0.3, 0.4) is 0 Å². The predicted molar refractivity (Wildman–Crippen MR) is 70.3 cm³/mol. The van der Waals surface area contributed by atoms with Crippen molar-refractivity contribution in [1.29, 1.82) is 0 Å². The summed E-state index contributed by atoms with van der Waals surface area (Å²) in [5.41, 5.74) is 2.10. The summed E-state index contributed by atoms with van der Waals surface area (Å²) >= 11 is 0. The van der Waals surface area contributed by atoms with Gasteiger partial charge in [0.1, 0.15) is 0 Å². The summed E-state index contributed by atoms with van der Waals surface area (Å²) in [5.74, 6) is 1.33. The number of nitrogens with zero attached hydrogens (tertiary/aromatic N) is 1. The van der Waals surface area contributed by atoms with Crippen LogP contribution in [0.25, 0.3) is 0 Å². The molecule has 2 atom stereocenters. The van der Waals surface area contributed by atoms with Gasteiger partial charge in [0.15, 0.2) is 0 Å². The van der Waals surface area contributed by atoms with Crippen LogP contribution in [-0.4, -0.2) is 6.21 Å². The highest BCUT2D eigenvalue weighted by molar-refractivity contribution is 5.59. The van der Waals surface area contributed by atoms with Crippen molar-refractivity contribution in [3.05, 3.63) is 23.9 Å². The molecule has 2 unspecified atom stereocenters. The molecule has 0 aliphatic heterocycles. The Kier molecular flexibility index (Phi) is 7.02. The van der Waals surface area contributed by atoms with E-state index >= 15 is 0 Å². The van der Waals surface area contributed by atoms with E-state index in [1.54, 1.807) is 0 Å². The normalized spacial score (nSPS) is 16.7. The van der Waals surface area contributed by atoms with Gasteiger partial charge in [-0.1, -0.05) is 46.8 Å². The van der Waals surface area contributed by atoms with Gasteiger partial charge in [-0.2, -0.15) is 0 Å². The quantitative estimate of drug-likeness (QED) is 0.445. The minimum atomic E-state index is 0.601. The lowest BCUT2D eigenvalue weighted by molar-refractivity contribution is 0.445. The summed E-state index contributed by atoms with van der Waals surface area (Å²) in [6.07, 6.45) is 6.37. The Bertz CT molecular complexity index is 248. The minimum Gasteiger partial charge on any atom is -0.262 e. The zero-order valence-corrected chi connectivity index (χ0v) is 10.9. The standard InChI is InChI=1S/C14H25N/c1-7-9-15-14(6)13(5)10-12(4)11(3)8-2/h9-12H,6-8H2,1-5H3. The maximum atomic E-state index is 4.29. The molecule has 0 aromatic carbocycles. The van der Waals surface area contributed by atoms with Crippen molar-refractivity contribution in [1.82, 2.24) is 0 Å². The molecule has 0 heterocycles. The monoisotopic (exact) mass is 207 g/mol. The third-order valence-corrected chi connectivity index (χ3v) is 2.94. The van der Waals surface area contributed by atoms with Gasteiger partial charge in [0.2, 0.25) is 0 Å². The molecule has 0 N–H and O–H groups in total. The van der Waals surface area contributed by atoms with Gasteiger partial charge >= 0.3 is 0 Å². The van der Waals surface area contributed by atoms with Crippen molar-refractivity contribution in [3.63, 3.8) is 0 Å². The van der Waals surface area contributed by atoms with Crippen LogP contribution in [0.1, 0.15) is 47.5 Å².